The van der Waals surface area contributed by atoms with Crippen molar-refractivity contribution in [3.8, 4) is 0 Å². The molecule has 1 aromatic rings. The second-order valence-corrected chi connectivity index (χ2v) is 5.97. The van der Waals surface area contributed by atoms with Crippen LogP contribution in [0.15, 0.2) is 29.4 Å². The van der Waals surface area contributed by atoms with E-state index >= 15 is 0 Å². The molecule has 1 aliphatic heterocycles. The molecule has 0 aliphatic carbocycles. The van der Waals surface area contributed by atoms with Crippen LogP contribution in [0.3, 0.4) is 0 Å². The molecule has 1 saturated heterocycles. The van der Waals surface area contributed by atoms with Crippen molar-refractivity contribution in [2.45, 2.75) is 6.92 Å². The number of rotatable bonds is 4. The van der Waals surface area contributed by atoms with Crippen LogP contribution in [0.2, 0.25) is 0 Å². The second-order valence-electron chi connectivity index (χ2n) is 4.75. The van der Waals surface area contributed by atoms with Gasteiger partial charge in [-0.25, -0.2) is 5.43 Å². The third-order valence-corrected chi connectivity index (χ3v) is 4.04. The van der Waals surface area contributed by atoms with Crippen LogP contribution in [0.1, 0.15) is 11.1 Å². The Labute approximate surface area is 118 Å². The van der Waals surface area contributed by atoms with E-state index < -0.39 is 0 Å². The molecule has 0 saturated carbocycles. The van der Waals surface area contributed by atoms with Gasteiger partial charge in [-0.3, -0.25) is 4.79 Å². The molecule has 5 heteroatoms. The van der Waals surface area contributed by atoms with Gasteiger partial charge in [0.2, 0.25) is 0 Å². The molecule has 19 heavy (non-hydrogen) atoms. The van der Waals surface area contributed by atoms with Gasteiger partial charge in [-0.2, -0.15) is 16.9 Å². The standard InChI is InChI=1S/C14H19N3OS/c1-12-3-2-4-13(9-12)10-15-16-14(18)11-17-5-7-19-8-6-17/h2-4,9-10H,5-8,11H2,1H3,(H,16,18)/p+1/b15-10-. The lowest BCUT2D eigenvalue weighted by Crippen LogP contribution is -3.14. The van der Waals surface area contributed by atoms with Crippen molar-refractivity contribution in [3.63, 3.8) is 0 Å². The summed E-state index contributed by atoms with van der Waals surface area (Å²) in [6.45, 7) is 4.69. The summed E-state index contributed by atoms with van der Waals surface area (Å²) in [6.07, 6.45) is 1.69. The Morgan fingerprint density at radius 2 is 2.26 bits per heavy atom. The van der Waals surface area contributed by atoms with E-state index in [1.165, 1.54) is 10.5 Å². The Hall–Kier alpha value is -1.33. The van der Waals surface area contributed by atoms with Crippen molar-refractivity contribution in [2.24, 2.45) is 5.10 Å². The molecular weight excluding hydrogens is 258 g/mol. The average molecular weight is 278 g/mol. The Morgan fingerprint density at radius 3 is 3.00 bits per heavy atom. The smallest absolute Gasteiger partial charge is 0.295 e. The predicted octanol–water partition coefficient (Wildman–Crippen LogP) is 0.0768. The van der Waals surface area contributed by atoms with Crippen LogP contribution >= 0.6 is 11.8 Å². The number of hydrogen-bond acceptors (Lipinski definition) is 3. The number of thioether (sulfide) groups is 1. The highest BCUT2D eigenvalue weighted by molar-refractivity contribution is 7.99. The maximum Gasteiger partial charge on any atom is 0.295 e. The maximum absolute atomic E-state index is 11.7. The molecule has 1 amide bonds. The zero-order valence-corrected chi connectivity index (χ0v) is 12.0. The van der Waals surface area contributed by atoms with Gasteiger partial charge < -0.3 is 4.90 Å². The highest BCUT2D eigenvalue weighted by Crippen LogP contribution is 2.00. The van der Waals surface area contributed by atoms with Gasteiger partial charge in [-0.1, -0.05) is 29.8 Å². The van der Waals surface area contributed by atoms with Gasteiger partial charge in [0.15, 0.2) is 6.54 Å². The largest absolute Gasteiger partial charge is 0.326 e. The SMILES string of the molecule is Cc1cccc(/C=N\NC(=O)C[NH+]2CCSCC2)c1. The number of hydrazone groups is 1. The molecule has 1 aliphatic rings. The van der Waals surface area contributed by atoms with Gasteiger partial charge in [-0.15, -0.1) is 0 Å². The molecule has 1 heterocycles. The minimum atomic E-state index is -0.00852. The normalized spacial score (nSPS) is 16.7. The van der Waals surface area contributed by atoms with Gasteiger partial charge in [0, 0.05) is 11.5 Å². The molecule has 0 aromatic heterocycles. The topological polar surface area (TPSA) is 45.9 Å². The summed E-state index contributed by atoms with van der Waals surface area (Å²) in [5.41, 5.74) is 4.79. The number of benzene rings is 1. The zero-order valence-electron chi connectivity index (χ0n) is 11.2. The Kier molecular flexibility index (Phi) is 5.42. The summed E-state index contributed by atoms with van der Waals surface area (Å²) < 4.78 is 0. The fraction of sp³-hybridized carbons (Fsp3) is 0.429. The average Bonchev–Trinajstić information content (AvgIpc) is 2.40. The Balaban J connectivity index is 1.76. The highest BCUT2D eigenvalue weighted by Gasteiger charge is 2.16. The number of carbonyl (C=O) groups excluding carboxylic acids is 1. The molecule has 0 unspecified atom stereocenters. The summed E-state index contributed by atoms with van der Waals surface area (Å²) in [5, 5.41) is 4.01. The van der Waals surface area contributed by atoms with Crippen LogP contribution in [0.5, 0.6) is 0 Å². The van der Waals surface area contributed by atoms with E-state index in [1.54, 1.807) is 6.21 Å². The molecule has 4 nitrogen and oxygen atoms in total. The van der Waals surface area contributed by atoms with Crippen molar-refractivity contribution in [3.05, 3.63) is 35.4 Å². The quantitative estimate of drug-likeness (QED) is 0.605. The third-order valence-electron chi connectivity index (χ3n) is 3.06. The van der Waals surface area contributed by atoms with Crippen LogP contribution in [-0.4, -0.2) is 43.3 Å². The molecule has 0 spiro atoms. The lowest BCUT2D eigenvalue weighted by Gasteiger charge is -2.21. The lowest BCUT2D eigenvalue weighted by atomic mass is 10.2. The molecule has 1 fully saturated rings. The lowest BCUT2D eigenvalue weighted by molar-refractivity contribution is -0.888. The third kappa shape index (κ3) is 5.04. The maximum atomic E-state index is 11.7. The fourth-order valence-electron chi connectivity index (χ4n) is 2.03. The van der Waals surface area contributed by atoms with Crippen molar-refractivity contribution in [1.29, 1.82) is 0 Å². The second kappa shape index (κ2) is 7.31. The van der Waals surface area contributed by atoms with Crippen molar-refractivity contribution in [2.75, 3.05) is 31.1 Å². The van der Waals surface area contributed by atoms with E-state index in [4.69, 9.17) is 0 Å². The van der Waals surface area contributed by atoms with Gasteiger partial charge >= 0.3 is 0 Å². The molecule has 2 rings (SSSR count). The van der Waals surface area contributed by atoms with Crippen LogP contribution in [0.25, 0.3) is 0 Å². The van der Waals surface area contributed by atoms with Gasteiger partial charge in [0.05, 0.1) is 19.3 Å². The monoisotopic (exact) mass is 278 g/mol. The highest BCUT2D eigenvalue weighted by atomic mass is 32.2. The number of quaternary nitrogens is 1. The number of nitrogens with one attached hydrogen (secondary N) is 2. The van der Waals surface area contributed by atoms with E-state index in [9.17, 15) is 4.79 Å². The molecule has 102 valence electrons. The first-order valence-electron chi connectivity index (χ1n) is 6.54. The predicted molar refractivity (Wildman–Crippen MR) is 79.8 cm³/mol. The van der Waals surface area contributed by atoms with Crippen molar-refractivity contribution >= 4 is 23.9 Å². The number of carbonyl (C=O) groups is 1. The van der Waals surface area contributed by atoms with E-state index in [1.807, 2.05) is 43.0 Å². The Morgan fingerprint density at radius 1 is 1.47 bits per heavy atom. The van der Waals surface area contributed by atoms with E-state index in [2.05, 4.69) is 10.5 Å². The molecule has 0 atom stereocenters. The minimum Gasteiger partial charge on any atom is -0.326 e. The van der Waals surface area contributed by atoms with Crippen LogP contribution < -0.4 is 10.3 Å². The van der Waals surface area contributed by atoms with Crippen LogP contribution in [0, 0.1) is 6.92 Å². The van der Waals surface area contributed by atoms with E-state index in [0.717, 1.165) is 30.2 Å². The summed E-state index contributed by atoms with van der Waals surface area (Å²) >= 11 is 1.96. The van der Waals surface area contributed by atoms with Crippen LogP contribution in [-0.2, 0) is 4.79 Å². The van der Waals surface area contributed by atoms with E-state index in [-0.39, 0.29) is 5.91 Å². The number of nitrogens with zero attached hydrogens (tertiary/aromatic N) is 1. The number of hydrogen-bond donors (Lipinski definition) is 2. The van der Waals surface area contributed by atoms with Gasteiger partial charge in [-0.05, 0) is 12.5 Å². The summed E-state index contributed by atoms with van der Waals surface area (Å²) in [7, 11) is 0. The summed E-state index contributed by atoms with van der Waals surface area (Å²) in [4.78, 5) is 13.1. The minimum absolute atomic E-state index is 0.00852. The number of amides is 1. The first-order chi connectivity index (χ1) is 9.24. The zero-order chi connectivity index (χ0) is 13.5. The Bertz CT molecular complexity index is 456. The molecule has 2 N–H and O–H groups in total. The molecule has 0 bridgehead atoms. The van der Waals surface area contributed by atoms with Gasteiger partial charge in [0.1, 0.15) is 0 Å². The first kappa shape index (κ1) is 14.1. The summed E-state index contributed by atoms with van der Waals surface area (Å²) in [6, 6.07) is 8.01. The van der Waals surface area contributed by atoms with Crippen molar-refractivity contribution < 1.29 is 9.69 Å². The van der Waals surface area contributed by atoms with Crippen LogP contribution in [0.4, 0.5) is 0 Å². The fourth-order valence-corrected chi connectivity index (χ4v) is 3.10. The van der Waals surface area contributed by atoms with E-state index in [0.29, 0.717) is 6.54 Å². The molecule has 1 aromatic carbocycles. The molecule has 0 radical (unpaired) electrons. The first-order valence-corrected chi connectivity index (χ1v) is 7.69. The molecular formula is C14H20N3OS+. The number of aryl methyl sites for hydroxylation is 1. The van der Waals surface area contributed by atoms with Gasteiger partial charge in [0.25, 0.3) is 5.91 Å². The van der Waals surface area contributed by atoms with Crippen molar-refractivity contribution in [1.82, 2.24) is 5.43 Å². The summed E-state index contributed by atoms with van der Waals surface area (Å²) in [5.74, 6) is 2.29.